The van der Waals surface area contributed by atoms with Crippen LogP contribution in [0, 0.1) is 17.7 Å². The molecule has 3 aromatic rings. The second-order valence-corrected chi connectivity index (χ2v) is 10.7. The van der Waals surface area contributed by atoms with Crippen molar-refractivity contribution in [2.45, 2.75) is 44.6 Å². The molecule has 0 spiro atoms. The molecule has 0 aliphatic carbocycles. The molecule has 1 aromatic heterocycles. The molecule has 6 nitrogen and oxygen atoms in total. The molecule has 3 fully saturated rings. The predicted molar refractivity (Wildman–Crippen MR) is 142 cm³/mol. The van der Waals surface area contributed by atoms with Crippen LogP contribution >= 0.6 is 0 Å². The van der Waals surface area contributed by atoms with Gasteiger partial charge in [-0.3, -0.25) is 9.36 Å². The molecule has 6 rings (SSSR count). The van der Waals surface area contributed by atoms with Gasteiger partial charge < -0.3 is 19.1 Å². The van der Waals surface area contributed by atoms with Crippen LogP contribution in [-0.2, 0) is 9.47 Å². The average Bonchev–Trinajstić information content (AvgIpc) is 3.61. The SMILES string of the molecule is O=c1c2ccc(OCC3CCCO3)cc2ccn1-c1ccc(N2CCC(CC3CCOCC3)C2)c(F)c1. The van der Waals surface area contributed by atoms with Gasteiger partial charge in [0, 0.05) is 50.6 Å². The Bertz CT molecular complexity index is 1300. The van der Waals surface area contributed by atoms with Crippen molar-refractivity contribution in [2.24, 2.45) is 11.8 Å². The van der Waals surface area contributed by atoms with Crippen LogP contribution in [0.3, 0.4) is 0 Å². The fraction of sp³-hybridized carbons (Fsp3) is 0.500. The first-order valence-corrected chi connectivity index (χ1v) is 13.7. The van der Waals surface area contributed by atoms with Crippen molar-refractivity contribution in [2.75, 3.05) is 44.4 Å². The fourth-order valence-corrected chi connectivity index (χ4v) is 6.08. The lowest BCUT2D eigenvalue weighted by Crippen LogP contribution is -2.23. The van der Waals surface area contributed by atoms with E-state index in [-0.39, 0.29) is 17.5 Å². The highest BCUT2D eigenvalue weighted by atomic mass is 19.1. The predicted octanol–water partition coefficient (Wildman–Crippen LogP) is 5.33. The Morgan fingerprint density at radius 1 is 0.973 bits per heavy atom. The number of hydrogen-bond donors (Lipinski definition) is 0. The van der Waals surface area contributed by atoms with Crippen molar-refractivity contribution in [1.29, 1.82) is 0 Å². The van der Waals surface area contributed by atoms with E-state index in [1.807, 2.05) is 30.3 Å². The molecule has 7 heteroatoms. The van der Waals surface area contributed by atoms with Gasteiger partial charge in [-0.25, -0.2) is 4.39 Å². The van der Waals surface area contributed by atoms with Crippen molar-refractivity contribution in [3.05, 3.63) is 64.8 Å². The molecule has 0 radical (unpaired) electrons. The number of fused-ring (bicyclic) bond motifs is 1. The molecule has 2 unspecified atom stereocenters. The van der Waals surface area contributed by atoms with E-state index in [1.54, 1.807) is 12.3 Å². The molecule has 3 saturated heterocycles. The number of hydrogen-bond acceptors (Lipinski definition) is 5. The first-order valence-electron chi connectivity index (χ1n) is 13.7. The second-order valence-electron chi connectivity index (χ2n) is 10.7. The molecule has 3 aliphatic rings. The van der Waals surface area contributed by atoms with Gasteiger partial charge in [-0.1, -0.05) is 0 Å². The van der Waals surface area contributed by atoms with E-state index in [9.17, 15) is 4.79 Å². The van der Waals surface area contributed by atoms with E-state index in [1.165, 1.54) is 17.1 Å². The second kappa shape index (κ2) is 10.8. The van der Waals surface area contributed by atoms with Crippen molar-refractivity contribution in [1.82, 2.24) is 4.57 Å². The van der Waals surface area contributed by atoms with Crippen molar-refractivity contribution in [3.8, 4) is 11.4 Å². The number of pyridine rings is 1. The monoisotopic (exact) mass is 506 g/mol. The molecule has 196 valence electrons. The number of rotatable bonds is 7. The van der Waals surface area contributed by atoms with E-state index in [0.717, 1.165) is 82.1 Å². The summed E-state index contributed by atoms with van der Waals surface area (Å²) in [5.74, 6) is 1.77. The van der Waals surface area contributed by atoms with Crippen LogP contribution < -0.4 is 15.2 Å². The van der Waals surface area contributed by atoms with Crippen LogP contribution in [0.2, 0.25) is 0 Å². The van der Waals surface area contributed by atoms with E-state index in [2.05, 4.69) is 4.90 Å². The Labute approximate surface area is 216 Å². The Hall–Kier alpha value is -2.90. The van der Waals surface area contributed by atoms with Gasteiger partial charge in [-0.15, -0.1) is 0 Å². The van der Waals surface area contributed by atoms with Gasteiger partial charge in [0.05, 0.1) is 17.5 Å². The van der Waals surface area contributed by atoms with Crippen LogP contribution in [-0.4, -0.2) is 50.2 Å². The maximum absolute atomic E-state index is 15.3. The molecular formula is C30H35FN2O4. The topological polar surface area (TPSA) is 52.9 Å². The highest BCUT2D eigenvalue weighted by Gasteiger charge is 2.28. The third-order valence-corrected chi connectivity index (χ3v) is 8.18. The summed E-state index contributed by atoms with van der Waals surface area (Å²) >= 11 is 0. The van der Waals surface area contributed by atoms with Gasteiger partial charge in [0.25, 0.3) is 5.56 Å². The van der Waals surface area contributed by atoms with Gasteiger partial charge >= 0.3 is 0 Å². The number of ether oxygens (including phenoxy) is 3. The van der Waals surface area contributed by atoms with Crippen molar-refractivity contribution in [3.63, 3.8) is 0 Å². The molecule has 0 bridgehead atoms. The number of halogens is 1. The van der Waals surface area contributed by atoms with Crippen LogP contribution in [0.5, 0.6) is 5.75 Å². The smallest absolute Gasteiger partial charge is 0.262 e. The van der Waals surface area contributed by atoms with Crippen LogP contribution in [0.4, 0.5) is 10.1 Å². The van der Waals surface area contributed by atoms with Crippen molar-refractivity contribution >= 4 is 16.5 Å². The number of anilines is 1. The number of benzene rings is 2. The van der Waals surface area contributed by atoms with Crippen LogP contribution in [0.25, 0.3) is 16.5 Å². The third-order valence-electron chi connectivity index (χ3n) is 8.18. The fourth-order valence-electron chi connectivity index (χ4n) is 6.08. The highest BCUT2D eigenvalue weighted by Crippen LogP contribution is 2.33. The third kappa shape index (κ3) is 5.39. The van der Waals surface area contributed by atoms with E-state index in [0.29, 0.717) is 29.3 Å². The zero-order valence-corrected chi connectivity index (χ0v) is 21.2. The van der Waals surface area contributed by atoms with Crippen molar-refractivity contribution < 1.29 is 18.6 Å². The molecule has 0 N–H and O–H groups in total. The molecule has 0 amide bonds. The molecular weight excluding hydrogens is 471 g/mol. The van der Waals surface area contributed by atoms with Gasteiger partial charge in [-0.05, 0) is 92.1 Å². The summed E-state index contributed by atoms with van der Waals surface area (Å²) in [6.07, 6.45) is 8.52. The summed E-state index contributed by atoms with van der Waals surface area (Å²) in [4.78, 5) is 15.4. The Balaban J connectivity index is 1.15. The van der Waals surface area contributed by atoms with Gasteiger partial charge in [0.15, 0.2) is 0 Å². The Morgan fingerprint density at radius 3 is 2.68 bits per heavy atom. The first kappa shape index (κ1) is 24.4. The maximum Gasteiger partial charge on any atom is 0.262 e. The van der Waals surface area contributed by atoms with Gasteiger partial charge in [0.1, 0.15) is 18.2 Å². The summed E-state index contributed by atoms with van der Waals surface area (Å²) < 4.78 is 33.8. The zero-order chi connectivity index (χ0) is 25.2. The van der Waals surface area contributed by atoms with Gasteiger partial charge in [-0.2, -0.15) is 0 Å². The quantitative estimate of drug-likeness (QED) is 0.434. The molecule has 0 saturated carbocycles. The maximum atomic E-state index is 15.3. The lowest BCUT2D eigenvalue weighted by atomic mass is 9.88. The molecule has 37 heavy (non-hydrogen) atoms. The van der Waals surface area contributed by atoms with Gasteiger partial charge in [0.2, 0.25) is 0 Å². The summed E-state index contributed by atoms with van der Waals surface area (Å²) in [5, 5.41) is 1.38. The Morgan fingerprint density at radius 2 is 1.86 bits per heavy atom. The Kier molecular flexibility index (Phi) is 7.16. The summed E-state index contributed by atoms with van der Waals surface area (Å²) in [5.41, 5.74) is 0.984. The molecule has 4 heterocycles. The molecule has 3 aliphatic heterocycles. The largest absolute Gasteiger partial charge is 0.491 e. The number of aromatic nitrogens is 1. The zero-order valence-electron chi connectivity index (χ0n) is 21.2. The minimum absolute atomic E-state index is 0.139. The van der Waals surface area contributed by atoms with E-state index in [4.69, 9.17) is 14.2 Å². The molecule has 2 atom stereocenters. The standard InChI is InChI=1S/C30H35FN2O4/c31-28-18-24(3-6-29(28)32-11-7-22(19-32)16-21-9-14-35-15-10-21)33-12-8-23-17-25(4-5-27(23)30(33)34)37-20-26-2-1-13-36-26/h3-6,8,12,17-18,21-22,26H,1-2,7,9-11,13-16,19-20H2. The lowest BCUT2D eigenvalue weighted by Gasteiger charge is -2.25. The number of nitrogens with zero attached hydrogens (tertiary/aromatic N) is 2. The molecule has 2 aromatic carbocycles. The first-order chi connectivity index (χ1) is 18.1. The van der Waals surface area contributed by atoms with Crippen LogP contribution in [0.15, 0.2) is 53.5 Å². The normalized spacial score (nSPS) is 22.7. The summed E-state index contributed by atoms with van der Waals surface area (Å²) in [6, 6.07) is 12.5. The van der Waals surface area contributed by atoms with Crippen LogP contribution in [0.1, 0.15) is 38.5 Å². The minimum Gasteiger partial charge on any atom is -0.491 e. The summed E-state index contributed by atoms with van der Waals surface area (Å²) in [7, 11) is 0. The highest BCUT2D eigenvalue weighted by molar-refractivity contribution is 5.83. The summed E-state index contributed by atoms with van der Waals surface area (Å²) in [6.45, 7) is 4.81. The lowest BCUT2D eigenvalue weighted by molar-refractivity contribution is 0.0595. The minimum atomic E-state index is -0.283. The average molecular weight is 507 g/mol. The van der Waals surface area contributed by atoms with E-state index >= 15 is 4.39 Å². The van der Waals surface area contributed by atoms with E-state index < -0.39 is 0 Å².